The highest BCUT2D eigenvalue weighted by atomic mass is 16.5. The number of anilines is 1. The molecule has 21 heavy (non-hydrogen) atoms. The number of benzene rings is 1. The molecule has 0 fully saturated rings. The Morgan fingerprint density at radius 1 is 1.24 bits per heavy atom. The van der Waals surface area contributed by atoms with Crippen molar-refractivity contribution in [1.29, 1.82) is 0 Å². The van der Waals surface area contributed by atoms with Crippen LogP contribution in [0.3, 0.4) is 0 Å². The van der Waals surface area contributed by atoms with Crippen molar-refractivity contribution in [2.75, 3.05) is 11.9 Å². The zero-order valence-corrected chi connectivity index (χ0v) is 12.6. The molecule has 0 bridgehead atoms. The molecular formula is C17H20N2O2. The third-order valence-electron chi connectivity index (χ3n) is 3.11. The van der Waals surface area contributed by atoms with E-state index >= 15 is 0 Å². The molecule has 0 aliphatic heterocycles. The number of aromatic nitrogens is 1. The van der Waals surface area contributed by atoms with E-state index in [1.165, 1.54) is 0 Å². The number of aryl methyl sites for hydroxylation is 1. The number of rotatable bonds is 5. The normalized spacial score (nSPS) is 10.5. The minimum Gasteiger partial charge on any atom is -0.483 e. The number of nitrogens with zero attached hydrogens (tertiary/aromatic N) is 1. The summed E-state index contributed by atoms with van der Waals surface area (Å²) in [5, 5.41) is 2.77. The first-order valence-electron chi connectivity index (χ1n) is 6.99. The number of pyridine rings is 1. The zero-order chi connectivity index (χ0) is 15.2. The summed E-state index contributed by atoms with van der Waals surface area (Å²) in [5.74, 6) is 0.941. The van der Waals surface area contributed by atoms with Crippen molar-refractivity contribution in [1.82, 2.24) is 4.98 Å². The van der Waals surface area contributed by atoms with E-state index in [1.54, 1.807) is 24.5 Å². The lowest BCUT2D eigenvalue weighted by Gasteiger charge is -2.14. The molecule has 2 aromatic rings. The van der Waals surface area contributed by atoms with Gasteiger partial charge in [-0.3, -0.25) is 9.78 Å². The second-order valence-electron chi connectivity index (χ2n) is 5.27. The maximum Gasteiger partial charge on any atom is 0.262 e. The van der Waals surface area contributed by atoms with E-state index < -0.39 is 0 Å². The Morgan fingerprint density at radius 3 is 2.62 bits per heavy atom. The van der Waals surface area contributed by atoms with E-state index in [0.717, 1.165) is 16.9 Å². The molecule has 0 aliphatic rings. The first kappa shape index (κ1) is 15.0. The molecule has 1 heterocycles. The van der Waals surface area contributed by atoms with Gasteiger partial charge in [-0.25, -0.2) is 0 Å². The van der Waals surface area contributed by atoms with Crippen LogP contribution < -0.4 is 10.1 Å². The largest absolute Gasteiger partial charge is 0.483 e. The predicted octanol–water partition coefficient (Wildman–Crippen LogP) is 3.53. The molecule has 4 nitrogen and oxygen atoms in total. The van der Waals surface area contributed by atoms with Crippen LogP contribution in [0.2, 0.25) is 0 Å². The number of carbonyl (C=O) groups is 1. The number of ether oxygens (including phenoxy) is 1. The molecular weight excluding hydrogens is 264 g/mol. The zero-order valence-electron chi connectivity index (χ0n) is 12.6. The molecule has 4 heteroatoms. The quantitative estimate of drug-likeness (QED) is 0.913. The second-order valence-corrected chi connectivity index (χ2v) is 5.27. The summed E-state index contributed by atoms with van der Waals surface area (Å²) in [7, 11) is 0. The Hall–Kier alpha value is -2.36. The Balaban J connectivity index is 1.99. The van der Waals surface area contributed by atoms with E-state index in [-0.39, 0.29) is 12.5 Å². The summed E-state index contributed by atoms with van der Waals surface area (Å²) in [5.41, 5.74) is 2.94. The Bertz CT molecular complexity index is 609. The van der Waals surface area contributed by atoms with Crippen LogP contribution in [0.25, 0.3) is 0 Å². The number of carbonyl (C=O) groups excluding carboxylic acids is 1. The van der Waals surface area contributed by atoms with E-state index in [2.05, 4.69) is 36.3 Å². The molecule has 0 unspecified atom stereocenters. The van der Waals surface area contributed by atoms with Gasteiger partial charge in [0.15, 0.2) is 6.61 Å². The maximum atomic E-state index is 11.9. The average molecular weight is 284 g/mol. The molecule has 1 amide bonds. The van der Waals surface area contributed by atoms with Gasteiger partial charge in [0.1, 0.15) is 5.75 Å². The first-order chi connectivity index (χ1) is 10.1. The van der Waals surface area contributed by atoms with Crippen molar-refractivity contribution >= 4 is 11.6 Å². The highest BCUT2D eigenvalue weighted by Crippen LogP contribution is 2.27. The van der Waals surface area contributed by atoms with Gasteiger partial charge in [-0.15, -0.1) is 0 Å². The third-order valence-corrected chi connectivity index (χ3v) is 3.11. The van der Waals surface area contributed by atoms with Crippen LogP contribution in [-0.2, 0) is 4.79 Å². The maximum absolute atomic E-state index is 11.9. The SMILES string of the molecule is Cc1ccc(C(C)C)c(OCC(=O)Nc2ccncc2)c1. The van der Waals surface area contributed by atoms with Gasteiger partial charge in [0.25, 0.3) is 5.91 Å². The lowest BCUT2D eigenvalue weighted by molar-refractivity contribution is -0.118. The fourth-order valence-electron chi connectivity index (χ4n) is 2.02. The summed E-state index contributed by atoms with van der Waals surface area (Å²) in [6.45, 7) is 6.21. The van der Waals surface area contributed by atoms with Crippen LogP contribution in [0, 0.1) is 6.92 Å². The van der Waals surface area contributed by atoms with Gasteiger partial charge in [-0.2, -0.15) is 0 Å². The van der Waals surface area contributed by atoms with Crippen molar-refractivity contribution in [2.24, 2.45) is 0 Å². The molecule has 1 N–H and O–H groups in total. The number of hydrogen-bond donors (Lipinski definition) is 1. The van der Waals surface area contributed by atoms with Gasteiger partial charge in [0.2, 0.25) is 0 Å². The van der Waals surface area contributed by atoms with Crippen LogP contribution >= 0.6 is 0 Å². The average Bonchev–Trinajstić information content (AvgIpc) is 2.46. The molecule has 0 spiro atoms. The van der Waals surface area contributed by atoms with E-state index in [9.17, 15) is 4.79 Å². The molecule has 1 aromatic carbocycles. The summed E-state index contributed by atoms with van der Waals surface area (Å²) in [4.78, 5) is 15.8. The number of nitrogens with one attached hydrogen (secondary N) is 1. The van der Waals surface area contributed by atoms with E-state index in [4.69, 9.17) is 4.74 Å². The third kappa shape index (κ3) is 4.31. The smallest absolute Gasteiger partial charge is 0.262 e. The highest BCUT2D eigenvalue weighted by Gasteiger charge is 2.10. The van der Waals surface area contributed by atoms with Crippen molar-refractivity contribution in [3.63, 3.8) is 0 Å². The summed E-state index contributed by atoms with van der Waals surface area (Å²) in [6.07, 6.45) is 3.27. The predicted molar refractivity (Wildman–Crippen MR) is 83.6 cm³/mol. The molecule has 110 valence electrons. The minimum atomic E-state index is -0.183. The molecule has 0 radical (unpaired) electrons. The van der Waals surface area contributed by atoms with Crippen molar-refractivity contribution in [3.05, 3.63) is 53.9 Å². The second kappa shape index (κ2) is 6.88. The first-order valence-corrected chi connectivity index (χ1v) is 6.99. The van der Waals surface area contributed by atoms with Gasteiger partial charge in [0, 0.05) is 18.1 Å². The van der Waals surface area contributed by atoms with E-state index in [1.807, 2.05) is 13.0 Å². The van der Waals surface area contributed by atoms with Crippen molar-refractivity contribution < 1.29 is 9.53 Å². The fraction of sp³-hybridized carbons (Fsp3) is 0.294. The monoisotopic (exact) mass is 284 g/mol. The molecule has 2 rings (SSSR count). The molecule has 0 atom stereocenters. The van der Waals surface area contributed by atoms with Crippen molar-refractivity contribution in [3.8, 4) is 5.75 Å². The topological polar surface area (TPSA) is 51.2 Å². The molecule has 0 saturated carbocycles. The summed E-state index contributed by atoms with van der Waals surface area (Å²) >= 11 is 0. The van der Waals surface area contributed by atoms with Gasteiger partial charge >= 0.3 is 0 Å². The molecule has 0 aliphatic carbocycles. The van der Waals surface area contributed by atoms with Gasteiger partial charge in [-0.05, 0) is 42.2 Å². The standard InChI is InChI=1S/C17H20N2O2/c1-12(2)15-5-4-13(3)10-16(15)21-11-17(20)19-14-6-8-18-9-7-14/h4-10,12H,11H2,1-3H3,(H,18,19,20). The van der Waals surface area contributed by atoms with Crippen LogP contribution in [0.4, 0.5) is 5.69 Å². The Morgan fingerprint density at radius 2 is 1.95 bits per heavy atom. The number of hydrogen-bond acceptors (Lipinski definition) is 3. The van der Waals surface area contributed by atoms with Gasteiger partial charge in [0.05, 0.1) is 0 Å². The lowest BCUT2D eigenvalue weighted by Crippen LogP contribution is -2.20. The summed E-state index contributed by atoms with van der Waals surface area (Å²) in [6, 6.07) is 9.55. The van der Waals surface area contributed by atoms with E-state index in [0.29, 0.717) is 11.6 Å². The van der Waals surface area contributed by atoms with Crippen molar-refractivity contribution in [2.45, 2.75) is 26.7 Å². The fourth-order valence-corrected chi connectivity index (χ4v) is 2.02. The lowest BCUT2D eigenvalue weighted by atomic mass is 10.0. The minimum absolute atomic E-state index is 0.00844. The van der Waals surface area contributed by atoms with Gasteiger partial charge in [-0.1, -0.05) is 26.0 Å². The van der Waals surface area contributed by atoms with Crippen LogP contribution in [-0.4, -0.2) is 17.5 Å². The molecule has 0 saturated heterocycles. The van der Waals surface area contributed by atoms with Crippen LogP contribution in [0.1, 0.15) is 30.9 Å². The Kier molecular flexibility index (Phi) is 4.93. The highest BCUT2D eigenvalue weighted by molar-refractivity contribution is 5.91. The Labute approximate surface area is 125 Å². The van der Waals surface area contributed by atoms with Crippen LogP contribution in [0.15, 0.2) is 42.7 Å². The summed E-state index contributed by atoms with van der Waals surface area (Å²) < 4.78 is 5.69. The number of amides is 1. The van der Waals surface area contributed by atoms with Crippen LogP contribution in [0.5, 0.6) is 5.75 Å². The van der Waals surface area contributed by atoms with Gasteiger partial charge < -0.3 is 10.1 Å². The molecule has 1 aromatic heterocycles.